The van der Waals surface area contributed by atoms with Gasteiger partial charge in [0.1, 0.15) is 5.75 Å². The Morgan fingerprint density at radius 1 is 1.16 bits per heavy atom. The number of nitrogens with zero attached hydrogens (tertiary/aromatic N) is 2. The lowest BCUT2D eigenvalue weighted by Gasteiger charge is -2.37. The Morgan fingerprint density at radius 3 is 2.48 bits per heavy atom. The number of carbonyl (C=O) groups excluding carboxylic acids is 1. The molecule has 1 heterocycles. The lowest BCUT2D eigenvalue weighted by atomic mass is 10.1. The Bertz CT molecular complexity index is 544. The van der Waals surface area contributed by atoms with Crippen LogP contribution in [0.5, 0.6) is 5.75 Å². The molecular formula is C19H31N3O3. The molecule has 6 nitrogen and oxygen atoms in total. The van der Waals surface area contributed by atoms with E-state index in [1.807, 2.05) is 38.1 Å². The summed E-state index contributed by atoms with van der Waals surface area (Å²) in [7, 11) is 3.38. The van der Waals surface area contributed by atoms with E-state index in [4.69, 9.17) is 9.47 Å². The fourth-order valence-corrected chi connectivity index (χ4v) is 3.20. The third-order valence-electron chi connectivity index (χ3n) is 4.91. The van der Waals surface area contributed by atoms with Gasteiger partial charge in [0.15, 0.2) is 0 Å². The van der Waals surface area contributed by atoms with Crippen molar-refractivity contribution >= 4 is 5.91 Å². The highest BCUT2D eigenvalue weighted by atomic mass is 16.5. The van der Waals surface area contributed by atoms with Crippen LogP contribution in [0.3, 0.4) is 0 Å². The minimum Gasteiger partial charge on any atom is -0.496 e. The Hall–Kier alpha value is -1.63. The van der Waals surface area contributed by atoms with Gasteiger partial charge in [-0.25, -0.2) is 0 Å². The number of benzene rings is 1. The molecule has 1 amide bonds. The normalized spacial score (nSPS) is 18.6. The van der Waals surface area contributed by atoms with E-state index in [0.717, 1.165) is 50.6 Å². The summed E-state index contributed by atoms with van der Waals surface area (Å²) in [4.78, 5) is 17.3. The van der Waals surface area contributed by atoms with Crippen LogP contribution in [-0.4, -0.2) is 75.3 Å². The van der Waals surface area contributed by atoms with E-state index < -0.39 is 0 Å². The molecule has 1 fully saturated rings. The minimum atomic E-state index is -0.137. The Morgan fingerprint density at radius 2 is 1.84 bits per heavy atom. The van der Waals surface area contributed by atoms with Crippen molar-refractivity contribution in [3.8, 4) is 5.75 Å². The maximum atomic E-state index is 12.7. The van der Waals surface area contributed by atoms with Gasteiger partial charge in [-0.15, -0.1) is 0 Å². The fourth-order valence-electron chi connectivity index (χ4n) is 3.20. The van der Waals surface area contributed by atoms with E-state index in [1.54, 1.807) is 14.2 Å². The third kappa shape index (κ3) is 5.42. The van der Waals surface area contributed by atoms with Gasteiger partial charge in [0, 0.05) is 45.4 Å². The molecule has 0 saturated carbocycles. The van der Waals surface area contributed by atoms with Gasteiger partial charge in [-0.3, -0.25) is 14.6 Å². The van der Waals surface area contributed by atoms with Crippen LogP contribution in [0.25, 0.3) is 0 Å². The molecule has 0 unspecified atom stereocenters. The van der Waals surface area contributed by atoms with Crippen molar-refractivity contribution in [3.05, 3.63) is 29.8 Å². The van der Waals surface area contributed by atoms with Crippen molar-refractivity contribution in [1.29, 1.82) is 0 Å². The molecule has 0 bridgehead atoms. The van der Waals surface area contributed by atoms with Crippen molar-refractivity contribution in [2.24, 2.45) is 0 Å². The number of hydrogen-bond acceptors (Lipinski definition) is 5. The first-order valence-electron chi connectivity index (χ1n) is 8.95. The maximum Gasteiger partial charge on any atom is 0.237 e. The van der Waals surface area contributed by atoms with Crippen LogP contribution < -0.4 is 10.1 Å². The highest BCUT2D eigenvalue weighted by Gasteiger charge is 2.26. The monoisotopic (exact) mass is 349 g/mol. The molecule has 140 valence electrons. The van der Waals surface area contributed by atoms with Gasteiger partial charge in [0.2, 0.25) is 5.91 Å². The molecule has 1 aliphatic rings. The first-order valence-corrected chi connectivity index (χ1v) is 8.95. The highest BCUT2D eigenvalue weighted by Crippen LogP contribution is 2.24. The Balaban J connectivity index is 1.86. The van der Waals surface area contributed by atoms with Crippen molar-refractivity contribution in [2.75, 3.05) is 53.6 Å². The van der Waals surface area contributed by atoms with Crippen molar-refractivity contribution < 1.29 is 14.3 Å². The summed E-state index contributed by atoms with van der Waals surface area (Å²) in [6.45, 7) is 9.44. The first-order chi connectivity index (χ1) is 12.1. The quantitative estimate of drug-likeness (QED) is 0.771. The number of hydrogen-bond donors (Lipinski definition) is 1. The topological polar surface area (TPSA) is 54.0 Å². The van der Waals surface area contributed by atoms with Gasteiger partial charge in [-0.1, -0.05) is 18.2 Å². The fraction of sp³-hybridized carbons (Fsp3) is 0.632. The molecule has 25 heavy (non-hydrogen) atoms. The molecule has 0 spiro atoms. The predicted octanol–water partition coefficient (Wildman–Crippen LogP) is 1.52. The van der Waals surface area contributed by atoms with Crippen LogP contribution in [0.4, 0.5) is 0 Å². The number of rotatable bonds is 8. The molecule has 1 aromatic rings. The van der Waals surface area contributed by atoms with E-state index in [0.29, 0.717) is 0 Å². The van der Waals surface area contributed by atoms with Crippen LogP contribution in [0.2, 0.25) is 0 Å². The summed E-state index contributed by atoms with van der Waals surface area (Å²) in [6.07, 6.45) is 0. The maximum absolute atomic E-state index is 12.7. The average Bonchev–Trinajstić information content (AvgIpc) is 2.66. The molecule has 2 rings (SSSR count). The lowest BCUT2D eigenvalue weighted by Crippen LogP contribution is -2.54. The van der Waals surface area contributed by atoms with Gasteiger partial charge < -0.3 is 14.8 Å². The summed E-state index contributed by atoms with van der Waals surface area (Å²) in [5.74, 6) is 0.860. The molecule has 6 heteroatoms. The number of ether oxygens (including phenoxy) is 2. The van der Waals surface area contributed by atoms with Gasteiger partial charge >= 0.3 is 0 Å². The molecule has 0 aromatic heterocycles. The standard InChI is InChI=1S/C19H31N3O3/c1-15(17-7-5-6-8-18(17)25-4)20-19(23)16(2)22-11-9-21(10-12-22)13-14-24-3/h5-8,15-16H,9-14H2,1-4H3,(H,20,23)/t15-,16-/m1/s1. The molecule has 0 radical (unpaired) electrons. The zero-order valence-corrected chi connectivity index (χ0v) is 15.8. The van der Waals surface area contributed by atoms with Crippen LogP contribution >= 0.6 is 0 Å². The number of para-hydroxylation sites is 1. The number of carbonyl (C=O) groups is 1. The van der Waals surface area contributed by atoms with Crippen molar-refractivity contribution in [2.45, 2.75) is 25.9 Å². The van der Waals surface area contributed by atoms with Crippen LogP contribution in [0.1, 0.15) is 25.5 Å². The van der Waals surface area contributed by atoms with E-state index in [-0.39, 0.29) is 18.0 Å². The van der Waals surface area contributed by atoms with Crippen LogP contribution in [-0.2, 0) is 9.53 Å². The number of nitrogens with one attached hydrogen (secondary N) is 1. The lowest BCUT2D eigenvalue weighted by molar-refractivity contribution is -0.127. The van der Waals surface area contributed by atoms with E-state index in [1.165, 1.54) is 0 Å². The van der Waals surface area contributed by atoms with Gasteiger partial charge in [0.25, 0.3) is 0 Å². The van der Waals surface area contributed by atoms with Crippen molar-refractivity contribution in [3.63, 3.8) is 0 Å². The largest absolute Gasteiger partial charge is 0.496 e. The SMILES string of the molecule is COCCN1CCN([C@H](C)C(=O)N[C@H](C)c2ccccc2OC)CC1. The van der Waals surface area contributed by atoms with Crippen LogP contribution in [0.15, 0.2) is 24.3 Å². The van der Waals surface area contributed by atoms with E-state index in [2.05, 4.69) is 15.1 Å². The first kappa shape index (κ1) is 19.7. The molecule has 1 aromatic carbocycles. The van der Waals surface area contributed by atoms with Gasteiger partial charge in [0.05, 0.1) is 25.8 Å². The molecule has 1 N–H and O–H groups in total. The summed E-state index contributed by atoms with van der Waals surface area (Å²) in [6, 6.07) is 7.57. The summed E-state index contributed by atoms with van der Waals surface area (Å²) >= 11 is 0. The average molecular weight is 349 g/mol. The molecule has 0 aliphatic carbocycles. The zero-order valence-electron chi connectivity index (χ0n) is 15.8. The number of piperazine rings is 1. The second-order valence-electron chi connectivity index (χ2n) is 6.52. The van der Waals surface area contributed by atoms with E-state index in [9.17, 15) is 4.79 Å². The molecule has 2 atom stereocenters. The number of methoxy groups -OCH3 is 2. The predicted molar refractivity (Wildman–Crippen MR) is 98.9 cm³/mol. The zero-order chi connectivity index (χ0) is 18.2. The van der Waals surface area contributed by atoms with Crippen LogP contribution in [0, 0.1) is 0 Å². The molecule has 1 aliphatic heterocycles. The summed E-state index contributed by atoms with van der Waals surface area (Å²) in [5.41, 5.74) is 0.995. The summed E-state index contributed by atoms with van der Waals surface area (Å²) < 4.78 is 10.5. The second kappa shape index (κ2) is 9.75. The molecule has 1 saturated heterocycles. The minimum absolute atomic E-state index is 0.0590. The highest BCUT2D eigenvalue weighted by molar-refractivity contribution is 5.81. The molecular weight excluding hydrogens is 318 g/mol. The van der Waals surface area contributed by atoms with Gasteiger partial charge in [-0.2, -0.15) is 0 Å². The smallest absolute Gasteiger partial charge is 0.237 e. The van der Waals surface area contributed by atoms with Gasteiger partial charge in [-0.05, 0) is 19.9 Å². The Kier molecular flexibility index (Phi) is 7.68. The number of amides is 1. The third-order valence-corrected chi connectivity index (χ3v) is 4.91. The van der Waals surface area contributed by atoms with Crippen molar-refractivity contribution in [1.82, 2.24) is 15.1 Å². The second-order valence-corrected chi connectivity index (χ2v) is 6.52. The summed E-state index contributed by atoms with van der Waals surface area (Å²) in [5, 5.41) is 3.12. The Labute approximate surface area is 151 Å². The van der Waals surface area contributed by atoms with E-state index >= 15 is 0 Å².